The summed E-state index contributed by atoms with van der Waals surface area (Å²) in [5, 5.41) is 0.836. The molecule has 25 heavy (non-hydrogen) atoms. The van der Waals surface area contributed by atoms with Crippen molar-refractivity contribution in [2.45, 2.75) is 57.4 Å². The molecule has 0 bridgehead atoms. The molecule has 1 heterocycles. The Kier molecular flexibility index (Phi) is 10.2. The smallest absolute Gasteiger partial charge is 0.320 e. The molecule has 1 atom stereocenters. The van der Waals surface area contributed by atoms with Crippen LogP contribution in [0.3, 0.4) is 0 Å². The Labute approximate surface area is 154 Å². The molecule has 1 unspecified atom stereocenters. The lowest BCUT2D eigenvalue weighted by molar-refractivity contribution is -0.163. The largest absolute Gasteiger partial charge is 0.465 e. The number of nitrogens with zero attached hydrogens (tertiary/aromatic N) is 1. The third-order valence-electron chi connectivity index (χ3n) is 4.00. The van der Waals surface area contributed by atoms with Gasteiger partial charge in [0, 0.05) is 12.1 Å². The Morgan fingerprint density at radius 1 is 1.12 bits per heavy atom. The van der Waals surface area contributed by atoms with Crippen LogP contribution in [0.15, 0.2) is 23.4 Å². The zero-order valence-electron chi connectivity index (χ0n) is 15.6. The van der Waals surface area contributed by atoms with Gasteiger partial charge in [-0.05, 0) is 38.2 Å². The monoisotopic (exact) mass is 367 g/mol. The van der Waals surface area contributed by atoms with Crippen molar-refractivity contribution < 1.29 is 19.1 Å². The fourth-order valence-electron chi connectivity index (χ4n) is 2.86. The summed E-state index contributed by atoms with van der Waals surface area (Å²) in [4.78, 5) is 29.5. The van der Waals surface area contributed by atoms with E-state index in [-0.39, 0.29) is 19.1 Å². The summed E-state index contributed by atoms with van der Waals surface area (Å²) in [5.74, 6) is -2.27. The number of unbranched alkanes of at least 4 members (excludes halogenated alkanes) is 2. The number of aromatic nitrogens is 1. The summed E-state index contributed by atoms with van der Waals surface area (Å²) in [6.45, 7) is 6.07. The van der Waals surface area contributed by atoms with Crippen molar-refractivity contribution in [3.05, 3.63) is 23.9 Å². The average Bonchev–Trinajstić information content (AvgIpc) is 2.61. The molecule has 0 radical (unpaired) electrons. The van der Waals surface area contributed by atoms with Crippen molar-refractivity contribution in [2.24, 2.45) is 5.92 Å². The predicted molar refractivity (Wildman–Crippen MR) is 99.7 cm³/mol. The molecule has 0 aliphatic rings. The van der Waals surface area contributed by atoms with Crippen molar-refractivity contribution >= 4 is 23.7 Å². The van der Waals surface area contributed by atoms with E-state index in [4.69, 9.17) is 9.47 Å². The van der Waals surface area contributed by atoms with Crippen molar-refractivity contribution in [1.29, 1.82) is 0 Å². The summed E-state index contributed by atoms with van der Waals surface area (Å²) in [6, 6.07) is 3.79. The summed E-state index contributed by atoms with van der Waals surface area (Å²) < 4.78 is 10.4. The fraction of sp³-hybridized carbons (Fsp3) is 0.632. The molecule has 0 spiro atoms. The predicted octanol–water partition coefficient (Wildman–Crippen LogP) is 4.21. The van der Waals surface area contributed by atoms with Gasteiger partial charge in [0.1, 0.15) is 0 Å². The van der Waals surface area contributed by atoms with Gasteiger partial charge in [-0.1, -0.05) is 32.3 Å². The number of carbonyl (C=O) groups is 2. The molecule has 0 fully saturated rings. The van der Waals surface area contributed by atoms with Crippen molar-refractivity contribution in [3.8, 4) is 0 Å². The second-order valence-electron chi connectivity index (χ2n) is 5.69. The average molecular weight is 368 g/mol. The molecule has 0 saturated carbocycles. The van der Waals surface area contributed by atoms with Gasteiger partial charge in [-0.3, -0.25) is 9.59 Å². The number of pyridine rings is 1. The first-order valence-corrected chi connectivity index (χ1v) is 10.1. The minimum absolute atomic E-state index is 0.235. The number of thioether (sulfide) groups is 1. The highest BCUT2D eigenvalue weighted by molar-refractivity contribution is 7.98. The highest BCUT2D eigenvalue weighted by Gasteiger charge is 2.39. The SMILES string of the molecule is CCCCCC(c1cccnc1SC)C(C(=O)OCC)C(=O)OCC. The van der Waals surface area contributed by atoms with E-state index in [2.05, 4.69) is 11.9 Å². The number of hydrogen-bond acceptors (Lipinski definition) is 6. The van der Waals surface area contributed by atoms with Gasteiger partial charge in [0.2, 0.25) is 0 Å². The van der Waals surface area contributed by atoms with Gasteiger partial charge in [-0.25, -0.2) is 4.98 Å². The molecule has 0 aliphatic carbocycles. The second-order valence-corrected chi connectivity index (χ2v) is 6.48. The van der Waals surface area contributed by atoms with Crippen LogP contribution in [0.1, 0.15) is 57.9 Å². The van der Waals surface area contributed by atoms with Gasteiger partial charge in [0.05, 0.1) is 18.2 Å². The number of ether oxygens (including phenoxy) is 2. The first kappa shape index (κ1) is 21.5. The topological polar surface area (TPSA) is 65.5 Å². The van der Waals surface area contributed by atoms with E-state index in [0.717, 1.165) is 36.3 Å². The van der Waals surface area contributed by atoms with Crippen LogP contribution in [-0.2, 0) is 19.1 Å². The van der Waals surface area contributed by atoms with Crippen LogP contribution >= 0.6 is 11.8 Å². The van der Waals surface area contributed by atoms with Crippen LogP contribution in [-0.4, -0.2) is 36.4 Å². The standard InChI is InChI=1S/C19H29NO4S/c1-5-8-9-11-14(15-12-10-13-20-17(15)25-4)16(18(21)23-6-2)19(22)24-7-3/h10,12-14,16H,5-9,11H2,1-4H3. The zero-order valence-corrected chi connectivity index (χ0v) is 16.4. The fourth-order valence-corrected chi connectivity index (χ4v) is 3.48. The van der Waals surface area contributed by atoms with E-state index in [1.165, 1.54) is 11.8 Å². The molecule has 0 aromatic carbocycles. The quantitative estimate of drug-likeness (QED) is 0.253. The van der Waals surface area contributed by atoms with Crippen LogP contribution in [0, 0.1) is 5.92 Å². The number of esters is 2. The van der Waals surface area contributed by atoms with Crippen molar-refractivity contribution in [1.82, 2.24) is 4.98 Å². The zero-order chi connectivity index (χ0) is 18.7. The minimum atomic E-state index is -0.952. The normalized spacial score (nSPS) is 12.0. The van der Waals surface area contributed by atoms with E-state index in [1.54, 1.807) is 20.0 Å². The molecular weight excluding hydrogens is 338 g/mol. The van der Waals surface area contributed by atoms with Gasteiger partial charge in [-0.15, -0.1) is 11.8 Å². The van der Waals surface area contributed by atoms with Gasteiger partial charge < -0.3 is 9.47 Å². The number of carbonyl (C=O) groups excluding carboxylic acids is 2. The van der Waals surface area contributed by atoms with E-state index in [0.29, 0.717) is 0 Å². The Bertz CT molecular complexity index is 532. The molecule has 0 saturated heterocycles. The molecule has 140 valence electrons. The second kappa shape index (κ2) is 11.9. The van der Waals surface area contributed by atoms with E-state index < -0.39 is 17.9 Å². The summed E-state index contributed by atoms with van der Waals surface area (Å²) in [6.07, 6.45) is 7.43. The maximum Gasteiger partial charge on any atom is 0.320 e. The number of rotatable bonds is 11. The summed E-state index contributed by atoms with van der Waals surface area (Å²) in [7, 11) is 0. The van der Waals surface area contributed by atoms with Crippen LogP contribution in [0.2, 0.25) is 0 Å². The van der Waals surface area contributed by atoms with Crippen molar-refractivity contribution in [2.75, 3.05) is 19.5 Å². The molecular formula is C19H29NO4S. The Morgan fingerprint density at radius 2 is 1.76 bits per heavy atom. The maximum absolute atomic E-state index is 12.6. The highest BCUT2D eigenvalue weighted by Crippen LogP contribution is 2.36. The van der Waals surface area contributed by atoms with Crippen LogP contribution in [0.25, 0.3) is 0 Å². The molecule has 0 amide bonds. The first-order chi connectivity index (χ1) is 12.1. The first-order valence-electron chi connectivity index (χ1n) is 8.92. The van der Waals surface area contributed by atoms with Gasteiger partial charge in [-0.2, -0.15) is 0 Å². The molecule has 1 rings (SSSR count). The molecule has 5 nitrogen and oxygen atoms in total. The van der Waals surface area contributed by atoms with E-state index in [1.807, 2.05) is 18.4 Å². The van der Waals surface area contributed by atoms with Crippen molar-refractivity contribution in [3.63, 3.8) is 0 Å². The molecule has 0 N–H and O–H groups in total. The minimum Gasteiger partial charge on any atom is -0.465 e. The van der Waals surface area contributed by atoms with Crippen LogP contribution < -0.4 is 0 Å². The lowest BCUT2D eigenvalue weighted by Gasteiger charge is -2.25. The Morgan fingerprint density at radius 3 is 2.28 bits per heavy atom. The Hall–Kier alpha value is -1.56. The molecule has 1 aromatic rings. The summed E-state index contributed by atoms with van der Waals surface area (Å²) >= 11 is 1.52. The third kappa shape index (κ3) is 6.34. The molecule has 1 aromatic heterocycles. The van der Waals surface area contributed by atoms with Gasteiger partial charge in [0.25, 0.3) is 0 Å². The van der Waals surface area contributed by atoms with Crippen LogP contribution in [0.5, 0.6) is 0 Å². The lowest BCUT2D eigenvalue weighted by atomic mass is 9.82. The maximum atomic E-state index is 12.6. The van der Waals surface area contributed by atoms with Gasteiger partial charge >= 0.3 is 11.9 Å². The van der Waals surface area contributed by atoms with E-state index in [9.17, 15) is 9.59 Å². The summed E-state index contributed by atoms with van der Waals surface area (Å²) in [5.41, 5.74) is 0.914. The third-order valence-corrected chi connectivity index (χ3v) is 4.72. The van der Waals surface area contributed by atoms with E-state index >= 15 is 0 Å². The molecule has 6 heteroatoms. The van der Waals surface area contributed by atoms with Crippen LogP contribution in [0.4, 0.5) is 0 Å². The lowest BCUT2D eigenvalue weighted by Crippen LogP contribution is -2.34. The highest BCUT2D eigenvalue weighted by atomic mass is 32.2. The molecule has 0 aliphatic heterocycles. The number of hydrogen-bond donors (Lipinski definition) is 0. The Balaban J connectivity index is 3.27. The van der Waals surface area contributed by atoms with Gasteiger partial charge in [0.15, 0.2) is 5.92 Å².